The molecular formula is C17H18FN3. The van der Waals surface area contributed by atoms with Gasteiger partial charge >= 0.3 is 0 Å². The van der Waals surface area contributed by atoms with Gasteiger partial charge < -0.3 is 5.73 Å². The maximum absolute atomic E-state index is 13.4. The van der Waals surface area contributed by atoms with Crippen LogP contribution in [0.3, 0.4) is 0 Å². The van der Waals surface area contributed by atoms with Gasteiger partial charge in [-0.05, 0) is 29.2 Å². The van der Waals surface area contributed by atoms with E-state index in [2.05, 4.69) is 31.8 Å². The van der Waals surface area contributed by atoms with E-state index in [0.717, 1.165) is 11.2 Å². The molecule has 1 heterocycles. The van der Waals surface area contributed by atoms with E-state index < -0.39 is 0 Å². The summed E-state index contributed by atoms with van der Waals surface area (Å²) in [6, 6.07) is 12.6. The molecule has 0 aliphatic carbocycles. The summed E-state index contributed by atoms with van der Waals surface area (Å²) < 4.78 is 15.2. The minimum atomic E-state index is -0.309. The summed E-state index contributed by atoms with van der Waals surface area (Å²) in [4.78, 5) is 4.27. The molecule has 0 aliphatic heterocycles. The molecule has 21 heavy (non-hydrogen) atoms. The van der Waals surface area contributed by atoms with Gasteiger partial charge in [-0.15, -0.1) is 0 Å². The highest BCUT2D eigenvalue weighted by Crippen LogP contribution is 2.32. The van der Waals surface area contributed by atoms with Gasteiger partial charge in [0.05, 0.1) is 16.7 Å². The Kier molecular flexibility index (Phi) is 2.97. The average molecular weight is 283 g/mol. The van der Waals surface area contributed by atoms with Crippen LogP contribution in [0.1, 0.15) is 26.3 Å². The Balaban J connectivity index is 2.34. The molecule has 4 heteroatoms. The highest BCUT2D eigenvalue weighted by atomic mass is 19.1. The van der Waals surface area contributed by atoms with Crippen LogP contribution in [0.2, 0.25) is 0 Å². The van der Waals surface area contributed by atoms with Crippen molar-refractivity contribution >= 4 is 17.0 Å². The van der Waals surface area contributed by atoms with Gasteiger partial charge in [-0.1, -0.05) is 39.0 Å². The van der Waals surface area contributed by atoms with Crippen LogP contribution in [0.25, 0.3) is 16.7 Å². The molecule has 0 saturated heterocycles. The zero-order valence-electron chi connectivity index (χ0n) is 12.4. The lowest BCUT2D eigenvalue weighted by Crippen LogP contribution is -2.15. The zero-order chi connectivity index (χ0) is 15.2. The number of nitrogen functional groups attached to an aromatic ring is 1. The number of hydrogen-bond acceptors (Lipinski definition) is 2. The van der Waals surface area contributed by atoms with E-state index in [1.165, 1.54) is 17.7 Å². The Morgan fingerprint density at radius 2 is 1.81 bits per heavy atom. The smallest absolute Gasteiger partial charge is 0.205 e. The van der Waals surface area contributed by atoms with Crippen LogP contribution >= 0.6 is 0 Å². The van der Waals surface area contributed by atoms with Crippen LogP contribution in [0.5, 0.6) is 0 Å². The third-order valence-electron chi connectivity index (χ3n) is 3.60. The first kappa shape index (κ1) is 13.6. The van der Waals surface area contributed by atoms with Crippen LogP contribution in [0.15, 0.2) is 42.5 Å². The second-order valence-electron chi connectivity index (χ2n) is 6.21. The molecule has 0 aliphatic rings. The fourth-order valence-electron chi connectivity index (χ4n) is 2.63. The highest BCUT2D eigenvalue weighted by Gasteiger charge is 2.21. The van der Waals surface area contributed by atoms with Crippen LogP contribution in [0.4, 0.5) is 10.3 Å². The molecule has 3 aromatic rings. The van der Waals surface area contributed by atoms with E-state index in [-0.39, 0.29) is 11.2 Å². The van der Waals surface area contributed by atoms with Crippen molar-refractivity contribution in [3.8, 4) is 5.69 Å². The molecule has 0 atom stereocenters. The Morgan fingerprint density at radius 3 is 2.52 bits per heavy atom. The lowest BCUT2D eigenvalue weighted by molar-refractivity contribution is 0.587. The second-order valence-corrected chi connectivity index (χ2v) is 6.21. The zero-order valence-corrected chi connectivity index (χ0v) is 12.4. The minimum Gasteiger partial charge on any atom is -0.369 e. The number of aromatic nitrogens is 2. The number of para-hydroxylation sites is 1. The van der Waals surface area contributed by atoms with Gasteiger partial charge in [-0.3, -0.25) is 4.57 Å². The Hall–Kier alpha value is -2.36. The number of anilines is 1. The summed E-state index contributed by atoms with van der Waals surface area (Å²) >= 11 is 0. The van der Waals surface area contributed by atoms with Crippen molar-refractivity contribution in [3.05, 3.63) is 53.8 Å². The van der Waals surface area contributed by atoms with Crippen molar-refractivity contribution in [3.63, 3.8) is 0 Å². The van der Waals surface area contributed by atoms with Crippen molar-refractivity contribution < 1.29 is 4.39 Å². The van der Waals surface area contributed by atoms with Crippen LogP contribution in [-0.2, 0) is 5.41 Å². The third-order valence-corrected chi connectivity index (χ3v) is 3.60. The minimum absolute atomic E-state index is 0.0281. The molecule has 0 amide bonds. The largest absolute Gasteiger partial charge is 0.369 e. The number of halogens is 1. The van der Waals surface area contributed by atoms with Gasteiger partial charge in [0.2, 0.25) is 5.95 Å². The summed E-state index contributed by atoms with van der Waals surface area (Å²) in [5, 5.41) is 0. The summed E-state index contributed by atoms with van der Waals surface area (Å²) in [5.74, 6) is 0.0588. The molecule has 2 N–H and O–H groups in total. The van der Waals surface area contributed by atoms with E-state index in [0.29, 0.717) is 11.5 Å². The Bertz CT molecular complexity index is 813. The van der Waals surface area contributed by atoms with Crippen molar-refractivity contribution in [2.45, 2.75) is 26.2 Å². The molecule has 0 unspecified atom stereocenters. The molecule has 108 valence electrons. The number of imidazole rings is 1. The Labute approximate surface area is 123 Å². The number of benzene rings is 2. The van der Waals surface area contributed by atoms with Crippen LogP contribution < -0.4 is 5.73 Å². The van der Waals surface area contributed by atoms with Gasteiger partial charge in [-0.25, -0.2) is 9.37 Å². The predicted molar refractivity (Wildman–Crippen MR) is 84.1 cm³/mol. The molecule has 0 fully saturated rings. The van der Waals surface area contributed by atoms with Gasteiger partial charge in [0.15, 0.2) is 0 Å². The van der Waals surface area contributed by atoms with E-state index in [9.17, 15) is 4.39 Å². The lowest BCUT2D eigenvalue weighted by atomic mass is 9.85. The number of fused-ring (bicyclic) bond motifs is 1. The van der Waals surface area contributed by atoms with E-state index >= 15 is 0 Å². The third kappa shape index (κ3) is 2.27. The molecule has 0 radical (unpaired) electrons. The molecule has 0 bridgehead atoms. The summed E-state index contributed by atoms with van der Waals surface area (Å²) in [5.41, 5.74) is 9.58. The number of rotatable bonds is 1. The number of hydrogen-bond donors (Lipinski definition) is 1. The quantitative estimate of drug-likeness (QED) is 0.732. The van der Waals surface area contributed by atoms with Crippen molar-refractivity contribution in [1.29, 1.82) is 0 Å². The van der Waals surface area contributed by atoms with Crippen molar-refractivity contribution in [1.82, 2.24) is 9.55 Å². The lowest BCUT2D eigenvalue weighted by Gasteiger charge is -2.23. The van der Waals surface area contributed by atoms with E-state index in [1.54, 1.807) is 6.07 Å². The van der Waals surface area contributed by atoms with Gasteiger partial charge in [0.25, 0.3) is 0 Å². The molecule has 0 spiro atoms. The first-order chi connectivity index (χ1) is 9.88. The number of nitrogens with zero attached hydrogens (tertiary/aromatic N) is 2. The normalized spacial score (nSPS) is 12.0. The van der Waals surface area contributed by atoms with Gasteiger partial charge in [0.1, 0.15) is 5.82 Å². The topological polar surface area (TPSA) is 43.8 Å². The fourth-order valence-corrected chi connectivity index (χ4v) is 2.63. The fraction of sp³-hybridized carbons (Fsp3) is 0.235. The van der Waals surface area contributed by atoms with E-state index in [4.69, 9.17) is 5.73 Å². The first-order valence-corrected chi connectivity index (χ1v) is 6.91. The molecule has 1 aromatic heterocycles. The van der Waals surface area contributed by atoms with Gasteiger partial charge in [-0.2, -0.15) is 0 Å². The monoisotopic (exact) mass is 283 g/mol. The average Bonchev–Trinajstić information content (AvgIpc) is 2.72. The summed E-state index contributed by atoms with van der Waals surface area (Å²) in [7, 11) is 0. The second kappa shape index (κ2) is 4.58. The van der Waals surface area contributed by atoms with Crippen molar-refractivity contribution in [2.24, 2.45) is 0 Å². The summed E-state index contributed by atoms with van der Waals surface area (Å²) in [6.45, 7) is 6.46. The predicted octanol–water partition coefficient (Wildman–Crippen LogP) is 4.04. The molecule has 0 saturated carbocycles. The standard InChI is InChI=1S/C17H18FN3/c1-17(2,3)12-6-4-5-7-14(12)21-15-9-8-11(18)10-13(15)20-16(21)19/h4-10H,1-3H3,(H2,19,20). The summed E-state index contributed by atoms with van der Waals surface area (Å²) in [6.07, 6.45) is 0. The molecule has 3 rings (SSSR count). The van der Waals surface area contributed by atoms with Gasteiger partial charge in [0, 0.05) is 6.07 Å². The molecule has 3 nitrogen and oxygen atoms in total. The molecule has 2 aromatic carbocycles. The van der Waals surface area contributed by atoms with Crippen molar-refractivity contribution in [2.75, 3.05) is 5.73 Å². The maximum atomic E-state index is 13.4. The number of nitrogens with two attached hydrogens (primary N) is 1. The van der Waals surface area contributed by atoms with Crippen LogP contribution in [0, 0.1) is 5.82 Å². The van der Waals surface area contributed by atoms with Crippen LogP contribution in [-0.4, -0.2) is 9.55 Å². The van der Waals surface area contributed by atoms with E-state index in [1.807, 2.05) is 22.8 Å². The highest BCUT2D eigenvalue weighted by molar-refractivity contribution is 5.81. The maximum Gasteiger partial charge on any atom is 0.205 e. The first-order valence-electron chi connectivity index (χ1n) is 6.91. The molecular weight excluding hydrogens is 265 g/mol. The Morgan fingerprint density at radius 1 is 1.10 bits per heavy atom. The SMILES string of the molecule is CC(C)(C)c1ccccc1-n1c(N)nc2cc(F)ccc21.